The van der Waals surface area contributed by atoms with Crippen molar-refractivity contribution < 1.29 is 23.5 Å². The Morgan fingerprint density at radius 2 is 1.87 bits per heavy atom. The lowest BCUT2D eigenvalue weighted by molar-refractivity contribution is -0.181. The molecular weight excluding hydrogens is 389 g/mol. The van der Waals surface area contributed by atoms with E-state index in [4.69, 9.17) is 4.42 Å². The second-order valence-corrected chi connectivity index (χ2v) is 8.60. The van der Waals surface area contributed by atoms with Gasteiger partial charge in [-0.25, -0.2) is 4.39 Å². The number of nitrogens with zero attached hydrogens (tertiary/aromatic N) is 3. The molecule has 1 aromatic heterocycles. The van der Waals surface area contributed by atoms with E-state index in [1.807, 2.05) is 17.9 Å². The van der Waals surface area contributed by atoms with Crippen LogP contribution in [-0.2, 0) is 22.7 Å². The van der Waals surface area contributed by atoms with Crippen molar-refractivity contribution in [2.75, 3.05) is 19.6 Å². The summed E-state index contributed by atoms with van der Waals surface area (Å²) in [7, 11) is 0. The zero-order chi connectivity index (χ0) is 21.0. The van der Waals surface area contributed by atoms with E-state index in [1.54, 1.807) is 18.2 Å². The summed E-state index contributed by atoms with van der Waals surface area (Å²) in [6.07, 6.45) is -0.292. The summed E-state index contributed by atoms with van der Waals surface area (Å²) in [5.74, 6) is 0.510. The van der Waals surface area contributed by atoms with Crippen LogP contribution in [0.3, 0.4) is 0 Å². The van der Waals surface area contributed by atoms with Crippen molar-refractivity contribution in [3.63, 3.8) is 0 Å². The number of rotatable bonds is 4. The van der Waals surface area contributed by atoms with Crippen LogP contribution < -0.4 is 0 Å². The number of carbonyl (C=O) groups is 2. The van der Waals surface area contributed by atoms with Crippen LogP contribution in [-0.4, -0.2) is 68.9 Å². The highest BCUT2D eigenvalue weighted by molar-refractivity contribution is 6.06. The van der Waals surface area contributed by atoms with Crippen molar-refractivity contribution in [3.05, 3.63) is 59.3 Å². The molecule has 2 amide bonds. The van der Waals surface area contributed by atoms with Gasteiger partial charge in [0.05, 0.1) is 18.7 Å². The Kier molecular flexibility index (Phi) is 4.53. The molecule has 0 saturated carbocycles. The van der Waals surface area contributed by atoms with Gasteiger partial charge in [-0.05, 0) is 43.2 Å². The van der Waals surface area contributed by atoms with E-state index < -0.39 is 17.7 Å². The van der Waals surface area contributed by atoms with E-state index in [-0.39, 0.29) is 24.2 Å². The Bertz CT molecular complexity index is 983. The Balaban J connectivity index is 1.38. The standard InChI is InChI=1S/C22H24FN3O4/c1-14-2-7-18(30-14)11-25-20(28)19-8-17(27)10-26(19)22(21(25)29)12-24(13-22)9-15-3-5-16(23)6-4-15/h2-7,17,19,27H,8-13H2,1H3/t17-,19+/m1/s1. The molecule has 30 heavy (non-hydrogen) atoms. The number of aryl methyl sites for hydroxylation is 1. The summed E-state index contributed by atoms with van der Waals surface area (Å²) in [5, 5.41) is 10.2. The maximum atomic E-state index is 13.5. The zero-order valence-electron chi connectivity index (χ0n) is 16.8. The molecule has 3 saturated heterocycles. The number of imide groups is 1. The van der Waals surface area contributed by atoms with E-state index in [0.29, 0.717) is 38.4 Å². The third kappa shape index (κ3) is 3.07. The van der Waals surface area contributed by atoms with Crippen molar-refractivity contribution in [1.82, 2.24) is 14.7 Å². The second kappa shape index (κ2) is 7.01. The summed E-state index contributed by atoms with van der Waals surface area (Å²) in [5.41, 5.74) is 0.143. The largest absolute Gasteiger partial charge is 0.464 e. The fraction of sp³-hybridized carbons (Fsp3) is 0.455. The number of β-amino-alcohol motifs (C(OH)–C–C–N with tert-alkyl or cyclic N) is 1. The summed E-state index contributed by atoms with van der Waals surface area (Å²) in [4.78, 5) is 31.9. The molecule has 3 aliphatic heterocycles. The van der Waals surface area contributed by atoms with Crippen molar-refractivity contribution in [1.29, 1.82) is 0 Å². The molecule has 158 valence electrons. The number of likely N-dealkylation sites (tertiary alicyclic amines) is 1. The number of carbonyl (C=O) groups excluding carboxylic acids is 2. The number of hydrogen-bond donors (Lipinski definition) is 1. The van der Waals surface area contributed by atoms with Crippen molar-refractivity contribution in [3.8, 4) is 0 Å². The molecular formula is C22H24FN3O4. The first-order chi connectivity index (χ1) is 14.4. The Morgan fingerprint density at radius 1 is 1.13 bits per heavy atom. The van der Waals surface area contributed by atoms with Gasteiger partial charge < -0.3 is 9.52 Å². The monoisotopic (exact) mass is 413 g/mol. The number of aliphatic hydroxyl groups excluding tert-OH is 1. The average Bonchev–Trinajstić information content (AvgIpc) is 3.28. The molecule has 3 fully saturated rings. The van der Waals surface area contributed by atoms with Crippen molar-refractivity contribution in [2.24, 2.45) is 0 Å². The molecule has 2 aromatic rings. The van der Waals surface area contributed by atoms with Gasteiger partial charge in [0.15, 0.2) is 0 Å². The van der Waals surface area contributed by atoms with Gasteiger partial charge in [-0.3, -0.25) is 24.3 Å². The van der Waals surface area contributed by atoms with E-state index in [9.17, 15) is 19.1 Å². The van der Waals surface area contributed by atoms with Crippen LogP contribution in [0.2, 0.25) is 0 Å². The maximum Gasteiger partial charge on any atom is 0.252 e. The quantitative estimate of drug-likeness (QED) is 0.762. The second-order valence-electron chi connectivity index (χ2n) is 8.60. The minimum atomic E-state index is -0.822. The molecule has 0 unspecified atom stereocenters. The van der Waals surface area contributed by atoms with E-state index >= 15 is 0 Å². The van der Waals surface area contributed by atoms with Crippen LogP contribution in [0, 0.1) is 12.7 Å². The van der Waals surface area contributed by atoms with E-state index in [0.717, 1.165) is 11.3 Å². The Hall–Kier alpha value is -2.55. The number of hydrogen-bond acceptors (Lipinski definition) is 6. The highest BCUT2D eigenvalue weighted by Gasteiger charge is 2.64. The van der Waals surface area contributed by atoms with Gasteiger partial charge in [0.1, 0.15) is 22.9 Å². The van der Waals surface area contributed by atoms with Crippen LogP contribution in [0.15, 0.2) is 40.8 Å². The molecule has 0 radical (unpaired) electrons. The van der Waals surface area contributed by atoms with Gasteiger partial charge in [0.25, 0.3) is 5.91 Å². The Labute approximate surface area is 173 Å². The molecule has 1 spiro atoms. The van der Waals surface area contributed by atoms with Gasteiger partial charge in [-0.1, -0.05) is 12.1 Å². The number of furan rings is 1. The molecule has 5 rings (SSSR count). The van der Waals surface area contributed by atoms with Crippen molar-refractivity contribution >= 4 is 11.8 Å². The fourth-order valence-corrected chi connectivity index (χ4v) is 5.02. The molecule has 4 heterocycles. The number of amides is 2. The first-order valence-corrected chi connectivity index (χ1v) is 10.2. The fourth-order valence-electron chi connectivity index (χ4n) is 5.02. The predicted molar refractivity (Wildman–Crippen MR) is 105 cm³/mol. The first-order valence-electron chi connectivity index (χ1n) is 10.2. The highest BCUT2D eigenvalue weighted by Crippen LogP contribution is 2.41. The summed E-state index contributed by atoms with van der Waals surface area (Å²) in [6.45, 7) is 3.77. The molecule has 2 atom stereocenters. The lowest BCUT2D eigenvalue weighted by Gasteiger charge is -2.58. The molecule has 0 bridgehead atoms. The lowest BCUT2D eigenvalue weighted by Crippen LogP contribution is -2.81. The Morgan fingerprint density at radius 3 is 2.53 bits per heavy atom. The molecule has 1 N–H and O–H groups in total. The van der Waals surface area contributed by atoms with Crippen LogP contribution in [0.1, 0.15) is 23.5 Å². The topological polar surface area (TPSA) is 77.2 Å². The number of piperazine rings is 1. The van der Waals surface area contributed by atoms with Gasteiger partial charge in [0, 0.05) is 26.2 Å². The molecule has 8 heteroatoms. The maximum absolute atomic E-state index is 13.5. The van der Waals surface area contributed by atoms with Crippen molar-refractivity contribution in [2.45, 2.75) is 44.1 Å². The van der Waals surface area contributed by atoms with Crippen LogP contribution in [0.5, 0.6) is 0 Å². The van der Waals surface area contributed by atoms with E-state index in [2.05, 4.69) is 4.90 Å². The minimum Gasteiger partial charge on any atom is -0.464 e. The predicted octanol–water partition coefficient (Wildman–Crippen LogP) is 1.29. The van der Waals surface area contributed by atoms with Gasteiger partial charge in [0.2, 0.25) is 5.91 Å². The summed E-state index contributed by atoms with van der Waals surface area (Å²) < 4.78 is 18.8. The number of halogens is 1. The van der Waals surface area contributed by atoms with Crippen LogP contribution in [0.4, 0.5) is 4.39 Å². The third-order valence-corrected chi connectivity index (χ3v) is 6.42. The third-order valence-electron chi connectivity index (χ3n) is 6.42. The lowest BCUT2D eigenvalue weighted by atomic mass is 9.82. The highest BCUT2D eigenvalue weighted by atomic mass is 19.1. The van der Waals surface area contributed by atoms with E-state index in [1.165, 1.54) is 17.0 Å². The molecule has 7 nitrogen and oxygen atoms in total. The first kappa shape index (κ1) is 19.4. The molecule has 3 aliphatic rings. The van der Waals surface area contributed by atoms with Gasteiger partial charge in [-0.2, -0.15) is 0 Å². The average molecular weight is 413 g/mol. The number of aliphatic hydroxyl groups is 1. The van der Waals surface area contributed by atoms with Gasteiger partial charge in [-0.15, -0.1) is 0 Å². The molecule has 1 aromatic carbocycles. The molecule has 0 aliphatic carbocycles. The summed E-state index contributed by atoms with van der Waals surface area (Å²) in [6, 6.07) is 9.41. The normalized spacial score (nSPS) is 26.3. The van der Waals surface area contributed by atoms with Gasteiger partial charge >= 0.3 is 0 Å². The van der Waals surface area contributed by atoms with Crippen LogP contribution >= 0.6 is 0 Å². The SMILES string of the molecule is Cc1ccc(CN2C(=O)[C@@H]3C[C@@H](O)CN3C3(CN(Cc4ccc(F)cc4)C3)C2=O)o1. The number of fused-ring (bicyclic) bond motifs is 2. The zero-order valence-corrected chi connectivity index (χ0v) is 16.8. The smallest absolute Gasteiger partial charge is 0.252 e. The van der Waals surface area contributed by atoms with Crippen LogP contribution in [0.25, 0.3) is 0 Å². The number of benzene rings is 1. The summed E-state index contributed by atoms with van der Waals surface area (Å²) >= 11 is 0. The minimum absolute atomic E-state index is 0.103.